The Morgan fingerprint density at radius 3 is 2.91 bits per heavy atom. The van der Waals surface area contributed by atoms with Gasteiger partial charge in [0.15, 0.2) is 0 Å². The zero-order valence-corrected chi connectivity index (χ0v) is 12.8. The smallest absolute Gasteiger partial charge is 0.146 e. The summed E-state index contributed by atoms with van der Waals surface area (Å²) in [5.74, 6) is 0.973. The van der Waals surface area contributed by atoms with Crippen LogP contribution in [0.1, 0.15) is 11.1 Å². The van der Waals surface area contributed by atoms with Crippen LogP contribution in [0.5, 0.6) is 11.5 Å². The quantitative estimate of drug-likeness (QED) is 0.873. The normalized spacial score (nSPS) is 16.8. The molecular formula is C19H21NO2. The number of ether oxygens (including phenoxy) is 1. The monoisotopic (exact) mass is 295 g/mol. The molecule has 0 saturated carbocycles. The minimum atomic E-state index is 0.0651. The molecule has 1 unspecified atom stereocenters. The average Bonchev–Trinajstić information content (AvgIpc) is 2.49. The van der Waals surface area contributed by atoms with Crippen LogP contribution >= 0.6 is 0 Å². The van der Waals surface area contributed by atoms with Crippen molar-refractivity contribution < 1.29 is 9.84 Å². The first-order chi connectivity index (χ1) is 10.7. The van der Waals surface area contributed by atoms with Crippen molar-refractivity contribution in [1.82, 2.24) is 0 Å². The second-order valence-electron chi connectivity index (χ2n) is 5.72. The first-order valence-electron chi connectivity index (χ1n) is 7.57. The van der Waals surface area contributed by atoms with E-state index in [1.807, 2.05) is 12.1 Å². The number of rotatable bonds is 4. The van der Waals surface area contributed by atoms with E-state index >= 15 is 0 Å². The maximum absolute atomic E-state index is 9.71. The molecule has 3 rings (SSSR count). The van der Waals surface area contributed by atoms with Gasteiger partial charge in [0.05, 0.1) is 12.2 Å². The van der Waals surface area contributed by atoms with E-state index in [0.717, 1.165) is 30.9 Å². The van der Waals surface area contributed by atoms with Crippen LogP contribution in [-0.2, 0) is 6.42 Å². The second-order valence-corrected chi connectivity index (χ2v) is 5.72. The molecule has 0 aliphatic carbocycles. The van der Waals surface area contributed by atoms with Crippen LogP contribution in [-0.4, -0.2) is 24.3 Å². The van der Waals surface area contributed by atoms with Crippen LogP contribution in [0.3, 0.4) is 0 Å². The molecule has 1 heterocycles. The van der Waals surface area contributed by atoms with Gasteiger partial charge < -0.3 is 14.7 Å². The first-order valence-corrected chi connectivity index (χ1v) is 7.57. The van der Waals surface area contributed by atoms with Gasteiger partial charge in [-0.3, -0.25) is 0 Å². The van der Waals surface area contributed by atoms with Crippen LogP contribution in [0.2, 0.25) is 0 Å². The topological polar surface area (TPSA) is 32.7 Å². The third-order valence-electron chi connectivity index (χ3n) is 4.06. The Labute approximate surface area is 131 Å². The van der Waals surface area contributed by atoms with E-state index in [0.29, 0.717) is 0 Å². The third kappa shape index (κ3) is 2.93. The standard InChI is InChI=1S/C19H21NO2/c1-3-10-20-13-17(11-15-7-5-4-6-14(15)2)22-19-12-16(21)8-9-18(19)20/h3-9,12,17,21H,1,10-11,13H2,2H3. The molecule has 0 fully saturated rings. The van der Waals surface area contributed by atoms with Crippen LogP contribution in [0.15, 0.2) is 55.1 Å². The number of aromatic hydroxyl groups is 1. The number of hydrogen-bond donors (Lipinski definition) is 1. The first kappa shape index (κ1) is 14.5. The molecule has 1 aliphatic heterocycles. The highest BCUT2D eigenvalue weighted by Crippen LogP contribution is 2.36. The van der Waals surface area contributed by atoms with Gasteiger partial charge >= 0.3 is 0 Å². The van der Waals surface area contributed by atoms with Gasteiger partial charge in [0.1, 0.15) is 17.6 Å². The summed E-state index contributed by atoms with van der Waals surface area (Å²) < 4.78 is 6.11. The molecular weight excluding hydrogens is 274 g/mol. The number of benzene rings is 2. The number of hydrogen-bond acceptors (Lipinski definition) is 3. The van der Waals surface area contributed by atoms with E-state index in [2.05, 4.69) is 42.7 Å². The molecule has 2 aromatic carbocycles. The maximum atomic E-state index is 9.71. The van der Waals surface area contributed by atoms with Crippen LogP contribution in [0.4, 0.5) is 5.69 Å². The Bertz CT molecular complexity index is 681. The molecule has 0 spiro atoms. The Kier molecular flexibility index (Phi) is 4.05. The molecule has 1 atom stereocenters. The van der Waals surface area contributed by atoms with Crippen molar-refractivity contribution in [2.45, 2.75) is 19.4 Å². The molecule has 1 N–H and O–H groups in total. The van der Waals surface area contributed by atoms with Gasteiger partial charge in [-0.15, -0.1) is 6.58 Å². The van der Waals surface area contributed by atoms with E-state index < -0.39 is 0 Å². The van der Waals surface area contributed by atoms with Crippen molar-refractivity contribution in [2.75, 3.05) is 18.0 Å². The lowest BCUT2D eigenvalue weighted by Gasteiger charge is -2.36. The van der Waals surface area contributed by atoms with Crippen molar-refractivity contribution in [1.29, 1.82) is 0 Å². The molecule has 3 nitrogen and oxygen atoms in total. The van der Waals surface area contributed by atoms with Gasteiger partial charge in [0.2, 0.25) is 0 Å². The third-order valence-corrected chi connectivity index (χ3v) is 4.06. The number of nitrogens with zero attached hydrogens (tertiary/aromatic N) is 1. The highest BCUT2D eigenvalue weighted by molar-refractivity contribution is 5.62. The number of anilines is 1. The minimum Gasteiger partial charge on any atom is -0.508 e. The largest absolute Gasteiger partial charge is 0.508 e. The fourth-order valence-electron chi connectivity index (χ4n) is 2.94. The number of phenols is 1. The summed E-state index contributed by atoms with van der Waals surface area (Å²) in [6, 6.07) is 13.7. The Balaban J connectivity index is 1.86. The van der Waals surface area contributed by atoms with Crippen molar-refractivity contribution in [3.8, 4) is 11.5 Å². The lowest BCUT2D eigenvalue weighted by atomic mass is 10.0. The Morgan fingerprint density at radius 2 is 2.14 bits per heavy atom. The molecule has 2 aromatic rings. The average molecular weight is 295 g/mol. The Hall–Kier alpha value is -2.42. The fraction of sp³-hybridized carbons (Fsp3) is 0.263. The van der Waals surface area contributed by atoms with Crippen molar-refractivity contribution >= 4 is 5.69 Å². The molecule has 0 aromatic heterocycles. The summed E-state index contributed by atoms with van der Waals surface area (Å²) in [7, 11) is 0. The molecule has 0 bridgehead atoms. The second kappa shape index (κ2) is 6.14. The lowest BCUT2D eigenvalue weighted by molar-refractivity contribution is 0.194. The molecule has 0 saturated heterocycles. The highest BCUT2D eigenvalue weighted by Gasteiger charge is 2.25. The fourth-order valence-corrected chi connectivity index (χ4v) is 2.94. The molecule has 1 aliphatic rings. The number of phenolic OH excluding ortho intramolecular Hbond substituents is 1. The predicted molar refractivity (Wildman–Crippen MR) is 89.8 cm³/mol. The summed E-state index contributed by atoms with van der Waals surface area (Å²) in [6.45, 7) is 7.55. The van der Waals surface area contributed by atoms with Crippen LogP contribution < -0.4 is 9.64 Å². The van der Waals surface area contributed by atoms with Crippen molar-refractivity contribution in [3.05, 3.63) is 66.2 Å². The van der Waals surface area contributed by atoms with Gasteiger partial charge in [0.25, 0.3) is 0 Å². The van der Waals surface area contributed by atoms with Gasteiger partial charge in [-0.1, -0.05) is 30.3 Å². The number of fused-ring (bicyclic) bond motifs is 1. The molecule has 0 radical (unpaired) electrons. The maximum Gasteiger partial charge on any atom is 0.146 e. The zero-order chi connectivity index (χ0) is 15.5. The van der Waals surface area contributed by atoms with Gasteiger partial charge in [0, 0.05) is 19.0 Å². The summed E-state index contributed by atoms with van der Waals surface area (Å²) in [5.41, 5.74) is 3.59. The predicted octanol–water partition coefficient (Wildman–Crippen LogP) is 3.70. The summed E-state index contributed by atoms with van der Waals surface area (Å²) in [5, 5.41) is 9.71. The molecule has 114 valence electrons. The van der Waals surface area contributed by atoms with Crippen molar-refractivity contribution in [3.63, 3.8) is 0 Å². The van der Waals surface area contributed by atoms with E-state index in [4.69, 9.17) is 4.74 Å². The lowest BCUT2D eigenvalue weighted by Crippen LogP contribution is -2.41. The Morgan fingerprint density at radius 1 is 1.32 bits per heavy atom. The zero-order valence-electron chi connectivity index (χ0n) is 12.8. The van der Waals surface area contributed by atoms with E-state index in [1.54, 1.807) is 12.1 Å². The SMILES string of the molecule is C=CCN1CC(Cc2ccccc2C)Oc2cc(O)ccc21. The summed E-state index contributed by atoms with van der Waals surface area (Å²) in [6.07, 6.45) is 2.82. The highest BCUT2D eigenvalue weighted by atomic mass is 16.5. The summed E-state index contributed by atoms with van der Waals surface area (Å²) in [4.78, 5) is 2.24. The van der Waals surface area contributed by atoms with Gasteiger partial charge in [-0.2, -0.15) is 0 Å². The molecule has 0 amide bonds. The minimum absolute atomic E-state index is 0.0651. The van der Waals surface area contributed by atoms with Crippen molar-refractivity contribution in [2.24, 2.45) is 0 Å². The van der Waals surface area contributed by atoms with E-state index in [9.17, 15) is 5.11 Å². The molecule has 3 heteroatoms. The van der Waals surface area contributed by atoms with Crippen LogP contribution in [0, 0.1) is 6.92 Å². The molecule has 22 heavy (non-hydrogen) atoms. The van der Waals surface area contributed by atoms with Crippen LogP contribution in [0.25, 0.3) is 0 Å². The van der Waals surface area contributed by atoms with Gasteiger partial charge in [-0.25, -0.2) is 0 Å². The summed E-state index contributed by atoms with van der Waals surface area (Å²) >= 11 is 0. The number of aryl methyl sites for hydroxylation is 1. The van der Waals surface area contributed by atoms with E-state index in [-0.39, 0.29) is 11.9 Å². The van der Waals surface area contributed by atoms with E-state index in [1.165, 1.54) is 11.1 Å². The van der Waals surface area contributed by atoms with Gasteiger partial charge in [-0.05, 0) is 30.2 Å².